The van der Waals surface area contributed by atoms with Crippen LogP contribution in [0.3, 0.4) is 0 Å². The fourth-order valence-corrected chi connectivity index (χ4v) is 7.01. The summed E-state index contributed by atoms with van der Waals surface area (Å²) in [5.41, 5.74) is 7.40. The molecule has 0 N–H and O–H groups in total. The van der Waals surface area contributed by atoms with Gasteiger partial charge in [-0.1, -0.05) is 30.3 Å². The summed E-state index contributed by atoms with van der Waals surface area (Å²) in [6.07, 6.45) is 7.87. The Kier molecular flexibility index (Phi) is 12.1. The lowest BCUT2D eigenvalue weighted by molar-refractivity contribution is 0.0932. The van der Waals surface area contributed by atoms with Crippen molar-refractivity contribution in [1.29, 1.82) is 0 Å². The minimum Gasteiger partial charge on any atom is -0.493 e. The number of rotatable bonds is 15. The van der Waals surface area contributed by atoms with Gasteiger partial charge in [-0.2, -0.15) is 0 Å². The van der Waals surface area contributed by atoms with E-state index in [1.807, 2.05) is 42.9 Å². The Morgan fingerprint density at radius 3 is 1.75 bits per heavy atom. The average Bonchev–Trinajstić information content (AvgIpc) is 3.20. The Bertz CT molecular complexity index is 1880. The van der Waals surface area contributed by atoms with E-state index >= 15 is 0 Å². The summed E-state index contributed by atoms with van der Waals surface area (Å²) in [5, 5.41) is 0. The van der Waals surface area contributed by atoms with Crippen LogP contribution in [0.15, 0.2) is 91.4 Å². The molecule has 0 aliphatic carbocycles. The summed E-state index contributed by atoms with van der Waals surface area (Å²) in [6.45, 7) is 4.50. The fourth-order valence-electron chi connectivity index (χ4n) is 7.01. The number of pyridine rings is 2. The second-order valence-corrected chi connectivity index (χ2v) is 12.9. The Morgan fingerprint density at radius 2 is 1.17 bits per heavy atom. The zero-order valence-corrected chi connectivity index (χ0v) is 30.9. The van der Waals surface area contributed by atoms with Crippen LogP contribution < -0.4 is 28.4 Å². The summed E-state index contributed by atoms with van der Waals surface area (Å²) < 4.78 is 33.5. The number of hydrogen-bond donors (Lipinski definition) is 0. The molecule has 1 saturated heterocycles. The topological polar surface area (TPSA) is 87.6 Å². The van der Waals surface area contributed by atoms with Crippen molar-refractivity contribution in [3.05, 3.63) is 108 Å². The number of hydrogen-bond acceptors (Lipinski definition) is 10. The van der Waals surface area contributed by atoms with E-state index in [0.717, 1.165) is 73.5 Å². The zero-order valence-electron chi connectivity index (χ0n) is 30.9. The fraction of sp³-hybridized carbons (Fsp3) is 0.333. The third-order valence-electron chi connectivity index (χ3n) is 9.67. The highest BCUT2D eigenvalue weighted by atomic mass is 16.5. The highest BCUT2D eigenvalue weighted by Crippen LogP contribution is 2.42. The van der Waals surface area contributed by atoms with Crippen molar-refractivity contribution >= 4 is 0 Å². The van der Waals surface area contributed by atoms with Gasteiger partial charge in [0.25, 0.3) is 0 Å². The normalized spacial score (nSPS) is 13.5. The number of benzene rings is 3. The number of nitrogens with zero attached hydrogens (tertiary/aromatic N) is 4. The van der Waals surface area contributed by atoms with E-state index in [1.165, 1.54) is 11.1 Å². The molecule has 272 valence electrons. The lowest BCUT2D eigenvalue weighted by Crippen LogP contribution is -2.44. The van der Waals surface area contributed by atoms with Gasteiger partial charge < -0.3 is 28.4 Å². The monoisotopic (exact) mass is 704 g/mol. The van der Waals surface area contributed by atoms with Gasteiger partial charge >= 0.3 is 0 Å². The van der Waals surface area contributed by atoms with Gasteiger partial charge in [-0.05, 0) is 90.6 Å². The van der Waals surface area contributed by atoms with Gasteiger partial charge in [0.05, 0.1) is 48.4 Å². The SMILES string of the molecule is COc1cc(-c2cncc(CN(Cc3ccccc3)C3CCN(Cc4ccnc(-c5cc(OC)c(OC)c(OC)c5)c4)CC3)c2)cc(OC)c1OC. The molecule has 3 aromatic carbocycles. The maximum absolute atomic E-state index is 5.62. The largest absolute Gasteiger partial charge is 0.493 e. The molecule has 52 heavy (non-hydrogen) atoms. The third-order valence-corrected chi connectivity index (χ3v) is 9.67. The number of ether oxygens (including phenoxy) is 6. The van der Waals surface area contributed by atoms with Gasteiger partial charge in [0.1, 0.15) is 0 Å². The summed E-state index contributed by atoms with van der Waals surface area (Å²) in [4.78, 5) is 14.5. The predicted molar refractivity (Wildman–Crippen MR) is 203 cm³/mol. The molecular formula is C42H48N4O6. The smallest absolute Gasteiger partial charge is 0.203 e. The van der Waals surface area contributed by atoms with E-state index in [0.29, 0.717) is 40.5 Å². The summed E-state index contributed by atoms with van der Waals surface area (Å²) in [5.74, 6) is 3.58. The van der Waals surface area contributed by atoms with Crippen LogP contribution in [0.2, 0.25) is 0 Å². The van der Waals surface area contributed by atoms with Crippen molar-refractivity contribution in [1.82, 2.24) is 19.8 Å². The highest BCUT2D eigenvalue weighted by Gasteiger charge is 2.26. The van der Waals surface area contributed by atoms with E-state index < -0.39 is 0 Å². The van der Waals surface area contributed by atoms with Crippen molar-refractivity contribution in [2.24, 2.45) is 0 Å². The molecule has 0 spiro atoms. The number of likely N-dealkylation sites (tertiary alicyclic amines) is 1. The van der Waals surface area contributed by atoms with Crippen molar-refractivity contribution in [3.63, 3.8) is 0 Å². The van der Waals surface area contributed by atoms with E-state index in [1.54, 1.807) is 42.7 Å². The molecular weight excluding hydrogens is 656 g/mol. The van der Waals surface area contributed by atoms with Crippen LogP contribution in [0.25, 0.3) is 22.4 Å². The molecule has 10 heteroatoms. The molecule has 6 rings (SSSR count). The van der Waals surface area contributed by atoms with E-state index in [-0.39, 0.29) is 0 Å². The average molecular weight is 705 g/mol. The number of piperidine rings is 1. The van der Waals surface area contributed by atoms with Gasteiger partial charge in [0.2, 0.25) is 11.5 Å². The Labute approximate surface area is 306 Å². The Balaban J connectivity index is 1.17. The quantitative estimate of drug-likeness (QED) is 0.109. The second-order valence-electron chi connectivity index (χ2n) is 12.9. The molecule has 0 radical (unpaired) electrons. The van der Waals surface area contributed by atoms with Gasteiger partial charge in [-0.3, -0.25) is 19.8 Å². The van der Waals surface area contributed by atoms with E-state index in [9.17, 15) is 0 Å². The van der Waals surface area contributed by atoms with Crippen molar-refractivity contribution in [2.45, 2.75) is 38.5 Å². The van der Waals surface area contributed by atoms with Crippen molar-refractivity contribution in [2.75, 3.05) is 55.7 Å². The van der Waals surface area contributed by atoms with E-state index in [2.05, 4.69) is 68.3 Å². The zero-order chi connectivity index (χ0) is 36.5. The molecule has 5 aromatic rings. The second kappa shape index (κ2) is 17.3. The lowest BCUT2D eigenvalue weighted by Gasteiger charge is -2.39. The van der Waals surface area contributed by atoms with Gasteiger partial charge in [-0.15, -0.1) is 0 Å². The highest BCUT2D eigenvalue weighted by molar-refractivity contribution is 5.71. The summed E-state index contributed by atoms with van der Waals surface area (Å²) in [6, 6.07) is 25.4. The molecule has 10 nitrogen and oxygen atoms in total. The summed E-state index contributed by atoms with van der Waals surface area (Å²) >= 11 is 0. The lowest BCUT2D eigenvalue weighted by atomic mass is 9.99. The van der Waals surface area contributed by atoms with E-state index in [4.69, 9.17) is 28.4 Å². The van der Waals surface area contributed by atoms with Gasteiger partial charge in [0.15, 0.2) is 23.0 Å². The van der Waals surface area contributed by atoms with Crippen LogP contribution in [-0.4, -0.2) is 81.6 Å². The molecule has 0 amide bonds. The first-order valence-electron chi connectivity index (χ1n) is 17.5. The molecule has 0 atom stereocenters. The first kappa shape index (κ1) is 36.5. The maximum atomic E-state index is 5.62. The van der Waals surface area contributed by atoms with Gasteiger partial charge in [0, 0.05) is 55.4 Å². The standard InChI is InChI=1S/C42H48N4O6/c1-47-37-20-32(21-38(48-2)41(37)51-5)34-18-31(24-43-25-34)28-46(27-29-10-8-7-9-11-29)35-13-16-45(17-14-35)26-30-12-15-44-36(19-30)33-22-39(49-3)42(52-6)40(23-33)50-4/h7-12,15,18-25,35H,13-14,16-17,26-28H2,1-6H3. The first-order chi connectivity index (χ1) is 25.5. The molecule has 0 saturated carbocycles. The number of methoxy groups -OCH3 is 6. The molecule has 1 aliphatic rings. The molecule has 1 fully saturated rings. The molecule has 0 bridgehead atoms. The van der Waals surface area contributed by atoms with Crippen LogP contribution in [0.4, 0.5) is 0 Å². The Hall–Kier alpha value is -5.32. The van der Waals surface area contributed by atoms with Gasteiger partial charge in [-0.25, -0.2) is 0 Å². The maximum Gasteiger partial charge on any atom is 0.203 e. The molecule has 3 heterocycles. The third kappa shape index (κ3) is 8.41. The van der Waals surface area contributed by atoms with Crippen molar-refractivity contribution in [3.8, 4) is 56.9 Å². The number of aromatic nitrogens is 2. The molecule has 2 aromatic heterocycles. The van der Waals surface area contributed by atoms with Crippen LogP contribution >= 0.6 is 0 Å². The molecule has 1 aliphatic heterocycles. The molecule has 0 unspecified atom stereocenters. The summed E-state index contributed by atoms with van der Waals surface area (Å²) in [7, 11) is 9.74. The van der Waals surface area contributed by atoms with Crippen LogP contribution in [0, 0.1) is 0 Å². The Morgan fingerprint density at radius 1 is 0.596 bits per heavy atom. The van der Waals surface area contributed by atoms with Crippen LogP contribution in [-0.2, 0) is 19.6 Å². The van der Waals surface area contributed by atoms with Crippen LogP contribution in [0.5, 0.6) is 34.5 Å². The minimum absolute atomic E-state index is 0.425. The van der Waals surface area contributed by atoms with Crippen LogP contribution in [0.1, 0.15) is 29.5 Å². The predicted octanol–water partition coefficient (Wildman–Crippen LogP) is 7.53. The first-order valence-corrected chi connectivity index (χ1v) is 17.5. The van der Waals surface area contributed by atoms with Crippen molar-refractivity contribution < 1.29 is 28.4 Å². The minimum atomic E-state index is 0.425.